The van der Waals surface area contributed by atoms with Crippen LogP contribution in [0.25, 0.3) is 0 Å². The molecule has 0 aliphatic carbocycles. The Morgan fingerprint density at radius 1 is 1.25 bits per heavy atom. The second-order valence-electron chi connectivity index (χ2n) is 2.82. The molecular formula is C8H12N4. The van der Waals surface area contributed by atoms with Crippen molar-refractivity contribution in [2.75, 3.05) is 18.1 Å². The third-order valence-corrected chi connectivity index (χ3v) is 1.90. The quantitative estimate of drug-likeness (QED) is 0.659. The molecule has 0 unspecified atom stereocenters. The average molecular weight is 164 g/mol. The number of nitrogens with zero attached hydrogens (tertiary/aromatic N) is 3. The molecule has 64 valence electrons. The minimum absolute atomic E-state index is 0.775. The van der Waals surface area contributed by atoms with Gasteiger partial charge in [-0.05, 0) is 18.9 Å². The molecule has 0 spiro atoms. The van der Waals surface area contributed by atoms with Crippen LogP contribution in [-0.4, -0.2) is 23.1 Å². The van der Waals surface area contributed by atoms with E-state index in [1.54, 1.807) is 12.4 Å². The van der Waals surface area contributed by atoms with Gasteiger partial charge in [0.05, 0.1) is 0 Å². The maximum atomic E-state index is 4.15. The van der Waals surface area contributed by atoms with E-state index in [0.29, 0.717) is 0 Å². The fraction of sp³-hybridized carbons (Fsp3) is 0.500. The van der Waals surface area contributed by atoms with E-state index in [1.807, 2.05) is 11.1 Å². The lowest BCUT2D eigenvalue weighted by atomic mass is 10.3. The van der Waals surface area contributed by atoms with Gasteiger partial charge in [-0.2, -0.15) is 0 Å². The first-order valence-corrected chi connectivity index (χ1v) is 4.25. The standard InChI is InChI=1S/C8H12N4/c1-2-7-12(11-6-1)8-9-4-3-5-10-8/h3-5,11H,1-2,6-7H2. The highest BCUT2D eigenvalue weighted by Gasteiger charge is 2.11. The predicted molar refractivity (Wildman–Crippen MR) is 46.6 cm³/mol. The van der Waals surface area contributed by atoms with Crippen LogP contribution in [0, 0.1) is 0 Å². The van der Waals surface area contributed by atoms with Gasteiger partial charge in [0.15, 0.2) is 0 Å². The average Bonchev–Trinajstić information content (AvgIpc) is 2.21. The molecule has 0 bridgehead atoms. The smallest absolute Gasteiger partial charge is 0.239 e. The number of hydrogen-bond donors (Lipinski definition) is 1. The molecule has 0 amide bonds. The summed E-state index contributed by atoms with van der Waals surface area (Å²) in [7, 11) is 0. The lowest BCUT2D eigenvalue weighted by Gasteiger charge is -2.27. The van der Waals surface area contributed by atoms with E-state index in [-0.39, 0.29) is 0 Å². The monoisotopic (exact) mass is 164 g/mol. The largest absolute Gasteiger partial charge is 0.276 e. The van der Waals surface area contributed by atoms with Crippen LogP contribution < -0.4 is 10.4 Å². The highest BCUT2D eigenvalue weighted by molar-refractivity contribution is 5.26. The zero-order valence-electron chi connectivity index (χ0n) is 6.90. The SMILES string of the molecule is c1cnc(N2CCCCN2)nc1. The van der Waals surface area contributed by atoms with Crippen molar-refractivity contribution in [2.24, 2.45) is 0 Å². The molecule has 2 heterocycles. The van der Waals surface area contributed by atoms with Gasteiger partial charge in [-0.25, -0.2) is 15.4 Å². The number of aromatic nitrogens is 2. The minimum Gasteiger partial charge on any atom is -0.276 e. The van der Waals surface area contributed by atoms with Crippen molar-refractivity contribution < 1.29 is 0 Å². The fourth-order valence-corrected chi connectivity index (χ4v) is 1.29. The minimum atomic E-state index is 0.775. The Morgan fingerprint density at radius 2 is 2.08 bits per heavy atom. The topological polar surface area (TPSA) is 41.1 Å². The van der Waals surface area contributed by atoms with Gasteiger partial charge in [0, 0.05) is 25.5 Å². The van der Waals surface area contributed by atoms with Crippen molar-refractivity contribution in [3.8, 4) is 0 Å². The zero-order valence-corrected chi connectivity index (χ0v) is 6.90. The maximum Gasteiger partial charge on any atom is 0.239 e. The van der Waals surface area contributed by atoms with Crippen molar-refractivity contribution in [2.45, 2.75) is 12.8 Å². The molecule has 0 atom stereocenters. The molecule has 0 saturated carbocycles. The molecule has 12 heavy (non-hydrogen) atoms. The van der Waals surface area contributed by atoms with Gasteiger partial charge >= 0.3 is 0 Å². The Bertz CT molecular complexity index is 230. The molecule has 0 aromatic carbocycles. The number of hydrazine groups is 1. The van der Waals surface area contributed by atoms with E-state index in [2.05, 4.69) is 15.4 Å². The molecule has 4 heteroatoms. The van der Waals surface area contributed by atoms with E-state index in [1.165, 1.54) is 12.8 Å². The van der Waals surface area contributed by atoms with Crippen LogP contribution in [0.5, 0.6) is 0 Å². The van der Waals surface area contributed by atoms with Gasteiger partial charge in [-0.3, -0.25) is 5.01 Å². The van der Waals surface area contributed by atoms with E-state index >= 15 is 0 Å². The van der Waals surface area contributed by atoms with Gasteiger partial charge in [0.25, 0.3) is 0 Å². The van der Waals surface area contributed by atoms with Crippen LogP contribution in [0.1, 0.15) is 12.8 Å². The van der Waals surface area contributed by atoms with Crippen LogP contribution in [0.3, 0.4) is 0 Å². The first-order chi connectivity index (χ1) is 5.97. The molecule has 1 aromatic rings. The van der Waals surface area contributed by atoms with Gasteiger partial charge in [-0.1, -0.05) is 0 Å². The lowest BCUT2D eigenvalue weighted by Crippen LogP contribution is -2.44. The van der Waals surface area contributed by atoms with Gasteiger partial charge < -0.3 is 0 Å². The third-order valence-electron chi connectivity index (χ3n) is 1.90. The van der Waals surface area contributed by atoms with Crippen molar-refractivity contribution in [3.63, 3.8) is 0 Å². The van der Waals surface area contributed by atoms with E-state index in [4.69, 9.17) is 0 Å². The van der Waals surface area contributed by atoms with Crippen molar-refractivity contribution in [3.05, 3.63) is 18.5 Å². The first kappa shape index (κ1) is 7.49. The van der Waals surface area contributed by atoms with E-state index < -0.39 is 0 Å². The number of anilines is 1. The molecule has 1 aliphatic heterocycles. The van der Waals surface area contributed by atoms with E-state index in [0.717, 1.165) is 19.0 Å². The summed E-state index contributed by atoms with van der Waals surface area (Å²) >= 11 is 0. The highest BCUT2D eigenvalue weighted by atomic mass is 15.5. The number of hydrogen-bond acceptors (Lipinski definition) is 4. The van der Waals surface area contributed by atoms with Crippen molar-refractivity contribution >= 4 is 5.95 Å². The van der Waals surface area contributed by atoms with Crippen LogP contribution >= 0.6 is 0 Å². The lowest BCUT2D eigenvalue weighted by molar-refractivity contribution is 0.502. The first-order valence-electron chi connectivity index (χ1n) is 4.25. The fourth-order valence-electron chi connectivity index (χ4n) is 1.29. The zero-order chi connectivity index (χ0) is 8.23. The second kappa shape index (κ2) is 3.49. The Labute approximate surface area is 71.6 Å². The number of rotatable bonds is 1. The van der Waals surface area contributed by atoms with Gasteiger partial charge in [0.1, 0.15) is 0 Å². The summed E-state index contributed by atoms with van der Waals surface area (Å²) in [6, 6.07) is 1.83. The predicted octanol–water partition coefficient (Wildman–Crippen LogP) is 0.581. The Kier molecular flexibility index (Phi) is 2.18. The van der Waals surface area contributed by atoms with Crippen molar-refractivity contribution in [1.82, 2.24) is 15.4 Å². The summed E-state index contributed by atoms with van der Waals surface area (Å²) in [6.07, 6.45) is 5.98. The van der Waals surface area contributed by atoms with Crippen LogP contribution in [0.2, 0.25) is 0 Å². The molecule has 1 aromatic heterocycles. The van der Waals surface area contributed by atoms with E-state index in [9.17, 15) is 0 Å². The van der Waals surface area contributed by atoms with Crippen LogP contribution in [0.15, 0.2) is 18.5 Å². The third kappa shape index (κ3) is 1.53. The summed E-state index contributed by atoms with van der Waals surface area (Å²) < 4.78 is 0. The molecule has 0 radical (unpaired) electrons. The molecule has 2 rings (SSSR count). The second-order valence-corrected chi connectivity index (χ2v) is 2.82. The van der Waals surface area contributed by atoms with Crippen LogP contribution in [-0.2, 0) is 0 Å². The molecule has 1 aliphatic rings. The Morgan fingerprint density at radius 3 is 2.75 bits per heavy atom. The van der Waals surface area contributed by atoms with Gasteiger partial charge in [-0.15, -0.1) is 0 Å². The van der Waals surface area contributed by atoms with Gasteiger partial charge in [0.2, 0.25) is 5.95 Å². The molecule has 4 nitrogen and oxygen atoms in total. The molecule has 1 N–H and O–H groups in total. The Balaban J connectivity index is 2.08. The summed E-state index contributed by atoms with van der Waals surface area (Å²) in [6.45, 7) is 2.03. The summed E-state index contributed by atoms with van der Waals surface area (Å²) in [5.41, 5.74) is 3.24. The number of nitrogens with one attached hydrogen (secondary N) is 1. The maximum absolute atomic E-state index is 4.15. The van der Waals surface area contributed by atoms with Crippen LogP contribution in [0.4, 0.5) is 5.95 Å². The molecular weight excluding hydrogens is 152 g/mol. The molecule has 1 saturated heterocycles. The highest BCUT2D eigenvalue weighted by Crippen LogP contribution is 2.06. The summed E-state index contributed by atoms with van der Waals surface area (Å²) in [5.74, 6) is 0.775. The van der Waals surface area contributed by atoms with Crippen molar-refractivity contribution in [1.29, 1.82) is 0 Å². The molecule has 1 fully saturated rings. The summed E-state index contributed by atoms with van der Waals surface area (Å²) in [5, 5.41) is 2.00. The Hall–Kier alpha value is -1.16. The normalized spacial score (nSPS) is 17.8. The summed E-state index contributed by atoms with van der Waals surface area (Å²) in [4.78, 5) is 8.31.